The van der Waals surface area contributed by atoms with Gasteiger partial charge in [-0.2, -0.15) is 0 Å². The molecule has 4 nitrogen and oxygen atoms in total. The molecule has 0 aliphatic carbocycles. The lowest BCUT2D eigenvalue weighted by atomic mass is 10.1. The van der Waals surface area contributed by atoms with Gasteiger partial charge < -0.3 is 5.43 Å². The van der Waals surface area contributed by atoms with Crippen LogP contribution in [0.3, 0.4) is 0 Å². The Bertz CT molecular complexity index is 588. The topological polar surface area (TPSA) is 42.7 Å². The molecule has 0 fully saturated rings. The predicted molar refractivity (Wildman–Crippen MR) is 82.8 cm³/mol. The SMILES string of the molecule is CCc1ccc(C2CSc3nnc(C(C)C)n3N2)cc1. The number of nitrogens with zero attached hydrogens (tertiary/aromatic N) is 3. The number of thioether (sulfide) groups is 1. The summed E-state index contributed by atoms with van der Waals surface area (Å²) in [7, 11) is 0. The summed E-state index contributed by atoms with van der Waals surface area (Å²) in [5, 5.41) is 9.50. The van der Waals surface area contributed by atoms with E-state index in [2.05, 4.69) is 65.3 Å². The minimum Gasteiger partial charge on any atom is -0.314 e. The monoisotopic (exact) mass is 288 g/mol. The molecule has 106 valence electrons. The summed E-state index contributed by atoms with van der Waals surface area (Å²) in [4.78, 5) is 0. The van der Waals surface area contributed by atoms with Gasteiger partial charge in [0.1, 0.15) is 0 Å². The van der Waals surface area contributed by atoms with Crippen LogP contribution in [0.25, 0.3) is 0 Å². The Balaban J connectivity index is 1.85. The Morgan fingerprint density at radius 1 is 1.30 bits per heavy atom. The van der Waals surface area contributed by atoms with Gasteiger partial charge in [0.15, 0.2) is 5.82 Å². The van der Waals surface area contributed by atoms with Crippen molar-refractivity contribution in [2.24, 2.45) is 0 Å². The molecule has 0 spiro atoms. The van der Waals surface area contributed by atoms with Gasteiger partial charge in [-0.25, -0.2) is 4.68 Å². The van der Waals surface area contributed by atoms with Crippen molar-refractivity contribution < 1.29 is 0 Å². The van der Waals surface area contributed by atoms with Crippen LogP contribution in [0.5, 0.6) is 0 Å². The van der Waals surface area contributed by atoms with Gasteiger partial charge in [-0.1, -0.05) is 56.8 Å². The molecule has 0 bridgehead atoms. The summed E-state index contributed by atoms with van der Waals surface area (Å²) in [6, 6.07) is 9.19. The van der Waals surface area contributed by atoms with Crippen molar-refractivity contribution in [2.75, 3.05) is 11.2 Å². The maximum atomic E-state index is 4.28. The second-order valence-electron chi connectivity index (χ2n) is 5.42. The largest absolute Gasteiger partial charge is 0.314 e. The summed E-state index contributed by atoms with van der Waals surface area (Å²) in [5.41, 5.74) is 6.25. The molecule has 5 heteroatoms. The summed E-state index contributed by atoms with van der Waals surface area (Å²) in [6.07, 6.45) is 1.08. The van der Waals surface area contributed by atoms with Crippen LogP contribution in [0.1, 0.15) is 49.7 Å². The number of fused-ring (bicyclic) bond motifs is 1. The molecule has 0 saturated carbocycles. The van der Waals surface area contributed by atoms with Crippen LogP contribution in [0.4, 0.5) is 0 Å². The summed E-state index contributed by atoms with van der Waals surface area (Å²) in [5.74, 6) is 2.36. The highest BCUT2D eigenvalue weighted by Crippen LogP contribution is 2.31. The summed E-state index contributed by atoms with van der Waals surface area (Å²) in [6.45, 7) is 6.47. The van der Waals surface area contributed by atoms with Crippen molar-refractivity contribution in [3.63, 3.8) is 0 Å². The molecule has 1 atom stereocenters. The van der Waals surface area contributed by atoms with Crippen LogP contribution >= 0.6 is 11.8 Å². The molecule has 3 rings (SSSR count). The van der Waals surface area contributed by atoms with E-state index in [0.717, 1.165) is 23.2 Å². The Labute approximate surface area is 124 Å². The number of aryl methyl sites for hydroxylation is 1. The van der Waals surface area contributed by atoms with Gasteiger partial charge in [0, 0.05) is 11.7 Å². The molecular formula is C15H20N4S. The number of aromatic nitrogens is 3. The number of hydrogen-bond acceptors (Lipinski definition) is 4. The Hall–Kier alpha value is -1.49. The third-order valence-electron chi connectivity index (χ3n) is 3.63. The van der Waals surface area contributed by atoms with Crippen LogP contribution in [0.2, 0.25) is 0 Å². The van der Waals surface area contributed by atoms with E-state index in [0.29, 0.717) is 12.0 Å². The fourth-order valence-electron chi connectivity index (χ4n) is 2.38. The van der Waals surface area contributed by atoms with E-state index >= 15 is 0 Å². The van der Waals surface area contributed by atoms with Gasteiger partial charge in [0.25, 0.3) is 0 Å². The molecule has 2 heterocycles. The second kappa shape index (κ2) is 5.48. The van der Waals surface area contributed by atoms with E-state index in [-0.39, 0.29) is 0 Å². The average Bonchev–Trinajstić information content (AvgIpc) is 2.90. The smallest absolute Gasteiger partial charge is 0.210 e. The van der Waals surface area contributed by atoms with Crippen LogP contribution in [0, 0.1) is 0 Å². The molecular weight excluding hydrogens is 268 g/mol. The zero-order valence-electron chi connectivity index (χ0n) is 12.1. The fourth-order valence-corrected chi connectivity index (χ4v) is 3.33. The van der Waals surface area contributed by atoms with Crippen LogP contribution in [-0.4, -0.2) is 20.6 Å². The van der Waals surface area contributed by atoms with Gasteiger partial charge in [-0.15, -0.1) is 10.2 Å². The van der Waals surface area contributed by atoms with Crippen molar-refractivity contribution in [1.29, 1.82) is 0 Å². The molecule has 1 aliphatic rings. The van der Waals surface area contributed by atoms with Crippen molar-refractivity contribution in [3.8, 4) is 0 Å². The highest BCUT2D eigenvalue weighted by atomic mass is 32.2. The van der Waals surface area contributed by atoms with E-state index in [1.165, 1.54) is 11.1 Å². The third-order valence-corrected chi connectivity index (χ3v) is 4.65. The maximum absolute atomic E-state index is 4.28. The van der Waals surface area contributed by atoms with Gasteiger partial charge in [-0.3, -0.25) is 0 Å². The second-order valence-corrected chi connectivity index (χ2v) is 6.41. The van der Waals surface area contributed by atoms with Crippen molar-refractivity contribution in [2.45, 2.75) is 44.3 Å². The average molecular weight is 288 g/mol. The lowest BCUT2D eigenvalue weighted by molar-refractivity contribution is 0.611. The number of benzene rings is 1. The Morgan fingerprint density at radius 3 is 2.70 bits per heavy atom. The Kier molecular flexibility index (Phi) is 3.70. The van der Waals surface area contributed by atoms with Gasteiger partial charge in [-0.05, 0) is 17.5 Å². The van der Waals surface area contributed by atoms with Crippen LogP contribution < -0.4 is 5.43 Å². The summed E-state index contributed by atoms with van der Waals surface area (Å²) < 4.78 is 2.05. The normalized spacial score (nSPS) is 17.9. The molecule has 1 unspecified atom stereocenters. The minimum atomic E-state index is 0.312. The van der Waals surface area contributed by atoms with E-state index < -0.39 is 0 Å². The fraction of sp³-hybridized carbons (Fsp3) is 0.467. The molecule has 2 aromatic rings. The molecule has 0 radical (unpaired) electrons. The van der Waals surface area contributed by atoms with Gasteiger partial charge in [0.2, 0.25) is 5.16 Å². The first kappa shape index (κ1) is 13.5. The van der Waals surface area contributed by atoms with E-state index in [9.17, 15) is 0 Å². The first-order valence-corrected chi connectivity index (χ1v) is 8.11. The zero-order chi connectivity index (χ0) is 14.1. The van der Waals surface area contributed by atoms with Crippen LogP contribution in [0.15, 0.2) is 29.4 Å². The summed E-state index contributed by atoms with van der Waals surface area (Å²) >= 11 is 1.77. The molecule has 1 N–H and O–H groups in total. The van der Waals surface area contributed by atoms with Crippen molar-refractivity contribution in [3.05, 3.63) is 41.2 Å². The lowest BCUT2D eigenvalue weighted by Crippen LogP contribution is -2.29. The molecule has 1 aliphatic heterocycles. The highest BCUT2D eigenvalue weighted by Gasteiger charge is 2.24. The number of rotatable bonds is 3. The molecule has 1 aromatic carbocycles. The number of nitrogens with one attached hydrogen (secondary N) is 1. The van der Waals surface area contributed by atoms with E-state index in [1.807, 2.05) is 0 Å². The third kappa shape index (κ3) is 2.42. The standard InChI is InChI=1S/C15H20N4S/c1-4-11-5-7-12(8-6-11)13-9-20-15-17-16-14(10(2)3)19(15)18-13/h5-8,10,13,18H,4,9H2,1-3H3. The van der Waals surface area contributed by atoms with Crippen LogP contribution in [-0.2, 0) is 6.42 Å². The minimum absolute atomic E-state index is 0.312. The van der Waals surface area contributed by atoms with Crippen molar-refractivity contribution in [1.82, 2.24) is 14.9 Å². The first-order valence-electron chi connectivity index (χ1n) is 7.12. The number of hydrogen-bond donors (Lipinski definition) is 1. The molecule has 0 amide bonds. The van der Waals surface area contributed by atoms with Crippen molar-refractivity contribution >= 4 is 11.8 Å². The first-order chi connectivity index (χ1) is 9.69. The molecule has 20 heavy (non-hydrogen) atoms. The highest BCUT2D eigenvalue weighted by molar-refractivity contribution is 7.99. The lowest BCUT2D eigenvalue weighted by Gasteiger charge is -2.27. The maximum Gasteiger partial charge on any atom is 0.210 e. The van der Waals surface area contributed by atoms with Gasteiger partial charge >= 0.3 is 0 Å². The van der Waals surface area contributed by atoms with E-state index in [1.54, 1.807) is 11.8 Å². The molecule has 1 aromatic heterocycles. The zero-order valence-corrected chi connectivity index (χ0v) is 12.9. The Morgan fingerprint density at radius 2 is 2.05 bits per heavy atom. The quantitative estimate of drug-likeness (QED) is 0.940. The predicted octanol–water partition coefficient (Wildman–Crippen LogP) is 3.35. The van der Waals surface area contributed by atoms with Gasteiger partial charge in [0.05, 0.1) is 6.04 Å². The van der Waals surface area contributed by atoms with E-state index in [4.69, 9.17) is 0 Å². The molecule has 0 saturated heterocycles.